The first-order chi connectivity index (χ1) is 16.5. The van der Waals surface area contributed by atoms with E-state index in [-0.39, 0.29) is 0 Å². The highest BCUT2D eigenvalue weighted by Crippen LogP contribution is 2.38. The molecule has 0 unspecified atom stereocenters. The van der Waals surface area contributed by atoms with Crippen molar-refractivity contribution in [2.24, 2.45) is 7.05 Å². The van der Waals surface area contributed by atoms with Gasteiger partial charge >= 0.3 is 0 Å². The first kappa shape index (κ1) is 19.1. The summed E-state index contributed by atoms with van der Waals surface area (Å²) in [5, 5.41) is 2.30. The van der Waals surface area contributed by atoms with Gasteiger partial charge in [0.2, 0.25) is 5.69 Å². The summed E-state index contributed by atoms with van der Waals surface area (Å²) in [6, 6.07) is 25.8. The molecule has 0 N–H and O–H groups in total. The predicted molar refractivity (Wildman–Crippen MR) is 136 cm³/mol. The van der Waals surface area contributed by atoms with Crippen molar-refractivity contribution < 1.29 is 10.4 Å². The van der Waals surface area contributed by atoms with Crippen molar-refractivity contribution in [2.45, 2.75) is 44.9 Å². The molecule has 0 bridgehead atoms. The molecular weight excluding hydrogens is 402 g/mol. The van der Waals surface area contributed by atoms with Crippen LogP contribution in [0.4, 0.5) is 0 Å². The molecule has 164 valence electrons. The Morgan fingerprint density at radius 3 is 2.45 bits per heavy atom. The van der Waals surface area contributed by atoms with Gasteiger partial charge in [-0.25, -0.2) is 4.57 Å². The zero-order valence-corrected chi connectivity index (χ0v) is 19.4. The fraction of sp³-hybridized carbons (Fsp3) is 0.258. The maximum absolute atomic E-state index is 8.94. The lowest BCUT2D eigenvalue weighted by Gasteiger charge is -2.22. The summed E-state index contributed by atoms with van der Waals surface area (Å²) in [5.41, 5.74) is 8.84. The van der Waals surface area contributed by atoms with Crippen LogP contribution in [0.5, 0.6) is 0 Å². The molecule has 1 aliphatic carbocycles. The molecule has 2 aromatic heterocycles. The molecule has 6 rings (SSSR count). The highest BCUT2D eigenvalue weighted by Gasteiger charge is 2.21. The quantitative estimate of drug-likeness (QED) is 0.263. The van der Waals surface area contributed by atoms with Gasteiger partial charge in [-0.2, -0.15) is 0 Å². The Hall–Kier alpha value is -3.39. The molecule has 33 heavy (non-hydrogen) atoms. The number of benzene rings is 3. The van der Waals surface area contributed by atoms with Crippen LogP contribution in [0.25, 0.3) is 44.3 Å². The summed E-state index contributed by atoms with van der Waals surface area (Å²) in [5.74, 6) is -0.418. The van der Waals surface area contributed by atoms with Crippen molar-refractivity contribution in [3.8, 4) is 22.4 Å². The summed E-state index contributed by atoms with van der Waals surface area (Å²) in [6.07, 6.45) is 7.66. The molecule has 0 saturated heterocycles. The van der Waals surface area contributed by atoms with E-state index in [1.807, 2.05) is 12.1 Å². The number of para-hydroxylation sites is 1. The first-order valence-electron chi connectivity index (χ1n) is 12.6. The smallest absolute Gasteiger partial charge is 0.216 e. The van der Waals surface area contributed by atoms with Gasteiger partial charge in [-0.3, -0.25) is 0 Å². The van der Waals surface area contributed by atoms with E-state index in [0.717, 1.165) is 64.4 Å². The molecule has 1 saturated carbocycles. The van der Waals surface area contributed by atoms with Crippen molar-refractivity contribution in [1.29, 1.82) is 0 Å². The van der Waals surface area contributed by atoms with E-state index in [4.69, 9.17) is 5.79 Å². The molecule has 1 aliphatic rings. The molecule has 0 amide bonds. The van der Waals surface area contributed by atoms with Gasteiger partial charge < -0.3 is 4.42 Å². The molecule has 1 fully saturated rings. The minimum Gasteiger partial charge on any atom is -0.455 e. The highest BCUT2D eigenvalue weighted by molar-refractivity contribution is 6.09. The summed E-state index contributed by atoms with van der Waals surface area (Å²) < 4.78 is 17.5. The molecule has 0 radical (unpaired) electrons. The third-order valence-electron chi connectivity index (χ3n) is 7.24. The lowest BCUT2D eigenvalue weighted by molar-refractivity contribution is -0.660. The normalized spacial score (nSPS) is 16.2. The fourth-order valence-corrected chi connectivity index (χ4v) is 5.37. The molecule has 2 heterocycles. The van der Waals surface area contributed by atoms with Crippen LogP contribution in [0.2, 0.25) is 0 Å². The number of rotatable bonds is 3. The number of aryl methyl sites for hydroxylation is 2. The molecule has 3 aromatic carbocycles. The molecule has 0 atom stereocenters. The Balaban J connectivity index is 1.45. The van der Waals surface area contributed by atoms with Crippen molar-refractivity contribution in [3.05, 3.63) is 90.1 Å². The zero-order chi connectivity index (χ0) is 23.3. The number of aromatic nitrogens is 1. The van der Waals surface area contributed by atoms with Gasteiger partial charge in [0.25, 0.3) is 0 Å². The Morgan fingerprint density at radius 2 is 1.64 bits per heavy atom. The maximum Gasteiger partial charge on any atom is 0.216 e. The van der Waals surface area contributed by atoms with Crippen LogP contribution < -0.4 is 4.57 Å². The van der Waals surface area contributed by atoms with Gasteiger partial charge in [0.1, 0.15) is 18.2 Å². The van der Waals surface area contributed by atoms with Gasteiger partial charge in [0, 0.05) is 24.3 Å². The van der Waals surface area contributed by atoms with Crippen LogP contribution in [-0.4, -0.2) is 0 Å². The zero-order valence-electron chi connectivity index (χ0n) is 20.4. The van der Waals surface area contributed by atoms with Crippen LogP contribution in [0.1, 0.15) is 50.5 Å². The fourth-order valence-electron chi connectivity index (χ4n) is 5.37. The van der Waals surface area contributed by atoms with E-state index >= 15 is 0 Å². The second-order valence-electron chi connectivity index (χ2n) is 9.39. The Labute approximate surface area is 196 Å². The minimum absolute atomic E-state index is 0.418. The average Bonchev–Trinajstić information content (AvgIpc) is 3.24. The van der Waals surface area contributed by atoms with Crippen LogP contribution in [-0.2, 0) is 7.05 Å². The van der Waals surface area contributed by atoms with Crippen molar-refractivity contribution in [1.82, 2.24) is 0 Å². The van der Waals surface area contributed by atoms with Crippen molar-refractivity contribution >= 4 is 21.9 Å². The third-order valence-corrected chi connectivity index (χ3v) is 7.24. The van der Waals surface area contributed by atoms with Crippen LogP contribution in [0.3, 0.4) is 0 Å². The second kappa shape index (κ2) is 8.19. The molecule has 0 spiro atoms. The summed E-state index contributed by atoms with van der Waals surface area (Å²) >= 11 is 0. The Bertz CT molecular complexity index is 1510. The lowest BCUT2D eigenvalue weighted by Crippen LogP contribution is -2.30. The maximum atomic E-state index is 8.94. The standard InChI is InChI=1S/C31H30NO/c1-21-12-17-27-26-10-6-7-11-29(26)33-31(27)30(21)28-20-25(18-19-32(28)2)24-15-13-23(14-16-24)22-8-4-3-5-9-22/h6-7,10-20,22H,3-5,8-9H2,1-2H3/q+1/i22D. The largest absolute Gasteiger partial charge is 0.455 e. The highest BCUT2D eigenvalue weighted by atomic mass is 16.3. The Kier molecular flexibility index (Phi) is 4.74. The topological polar surface area (TPSA) is 17.0 Å². The van der Waals surface area contributed by atoms with E-state index in [0.29, 0.717) is 0 Å². The SMILES string of the molecule is [2H]C1(c2ccc(-c3cc[n+](C)c(-c4c(C)ccc5c4oc4ccccc45)c3)cc2)CCCCC1. The number of furan rings is 1. The van der Waals surface area contributed by atoms with Gasteiger partial charge in [0.05, 0.1) is 5.56 Å². The molecule has 5 aromatic rings. The minimum atomic E-state index is -0.418. The summed E-state index contributed by atoms with van der Waals surface area (Å²) in [7, 11) is 2.09. The average molecular weight is 434 g/mol. The van der Waals surface area contributed by atoms with Gasteiger partial charge in [-0.15, -0.1) is 0 Å². The second-order valence-corrected chi connectivity index (χ2v) is 9.39. The van der Waals surface area contributed by atoms with E-state index in [1.54, 1.807) is 0 Å². The number of pyridine rings is 1. The summed E-state index contributed by atoms with van der Waals surface area (Å²) in [4.78, 5) is 0. The molecular formula is C31H30NO+. The van der Waals surface area contributed by atoms with Gasteiger partial charge in [-0.1, -0.05) is 73.9 Å². The Morgan fingerprint density at radius 1 is 0.848 bits per heavy atom. The van der Waals surface area contributed by atoms with E-state index in [9.17, 15) is 0 Å². The molecule has 2 heteroatoms. The first-order valence-corrected chi connectivity index (χ1v) is 12.1. The van der Waals surface area contributed by atoms with E-state index in [2.05, 4.69) is 85.4 Å². The monoisotopic (exact) mass is 433 g/mol. The summed E-state index contributed by atoms with van der Waals surface area (Å²) in [6.45, 7) is 2.15. The van der Waals surface area contributed by atoms with Crippen LogP contribution >= 0.6 is 0 Å². The van der Waals surface area contributed by atoms with Gasteiger partial charge in [-0.05, 0) is 54.0 Å². The number of nitrogens with zero attached hydrogens (tertiary/aromatic N) is 1. The number of hydrogen-bond donors (Lipinski definition) is 0. The van der Waals surface area contributed by atoms with Crippen LogP contribution in [0, 0.1) is 6.92 Å². The predicted octanol–water partition coefficient (Wildman–Crippen LogP) is 8.10. The number of fused-ring (bicyclic) bond motifs is 3. The van der Waals surface area contributed by atoms with Crippen molar-refractivity contribution in [3.63, 3.8) is 0 Å². The third kappa shape index (κ3) is 3.54. The molecule has 2 nitrogen and oxygen atoms in total. The van der Waals surface area contributed by atoms with E-state index < -0.39 is 5.89 Å². The van der Waals surface area contributed by atoms with Gasteiger partial charge in [0.15, 0.2) is 6.20 Å². The number of hydrogen-bond acceptors (Lipinski definition) is 1. The van der Waals surface area contributed by atoms with Crippen molar-refractivity contribution in [2.75, 3.05) is 0 Å². The molecule has 0 aliphatic heterocycles. The lowest BCUT2D eigenvalue weighted by atomic mass is 9.83. The van der Waals surface area contributed by atoms with E-state index in [1.165, 1.54) is 23.1 Å². The van der Waals surface area contributed by atoms with Crippen LogP contribution in [0.15, 0.2) is 83.4 Å².